The van der Waals surface area contributed by atoms with Crippen molar-refractivity contribution in [3.05, 3.63) is 47.3 Å². The lowest BCUT2D eigenvalue weighted by atomic mass is 9.98. The zero-order valence-electron chi connectivity index (χ0n) is 18.6. The lowest BCUT2D eigenvalue weighted by Gasteiger charge is -2.44. The van der Waals surface area contributed by atoms with Crippen LogP contribution in [0.5, 0.6) is 0 Å². The first-order chi connectivity index (χ1) is 15.1. The topological polar surface area (TPSA) is 81.2 Å². The Morgan fingerprint density at radius 1 is 1.06 bits per heavy atom. The van der Waals surface area contributed by atoms with Gasteiger partial charge in [-0.15, -0.1) is 11.3 Å². The lowest BCUT2D eigenvalue weighted by molar-refractivity contribution is -0.121. The SMILES string of the molecule is CC(C)(O)c1ccc(N2CCN(S(=O)(=O)c3cccs3)C[C@@H]2CN2CCC(=O)CC2)cc1. The minimum absolute atomic E-state index is 0.0281. The minimum Gasteiger partial charge on any atom is -0.386 e. The fourth-order valence-corrected chi connectivity index (χ4v) is 7.04. The first-order valence-electron chi connectivity index (χ1n) is 11.0. The quantitative estimate of drug-likeness (QED) is 0.689. The van der Waals surface area contributed by atoms with Gasteiger partial charge in [0.25, 0.3) is 10.0 Å². The normalized spacial score (nSPS) is 21.8. The number of likely N-dealkylation sites (tertiary alicyclic amines) is 1. The molecular formula is C23H31N3O4S2. The Morgan fingerprint density at radius 2 is 1.75 bits per heavy atom. The number of aliphatic hydroxyl groups is 1. The average molecular weight is 478 g/mol. The summed E-state index contributed by atoms with van der Waals surface area (Å²) in [5.74, 6) is 0.297. The maximum Gasteiger partial charge on any atom is 0.252 e. The van der Waals surface area contributed by atoms with Gasteiger partial charge in [0.15, 0.2) is 0 Å². The van der Waals surface area contributed by atoms with Crippen LogP contribution in [-0.2, 0) is 20.4 Å². The smallest absolute Gasteiger partial charge is 0.252 e. The van der Waals surface area contributed by atoms with Crippen molar-refractivity contribution in [3.63, 3.8) is 0 Å². The van der Waals surface area contributed by atoms with E-state index in [9.17, 15) is 18.3 Å². The second-order valence-electron chi connectivity index (χ2n) is 9.09. The molecule has 1 aromatic heterocycles. The summed E-state index contributed by atoms with van der Waals surface area (Å²) in [6.45, 7) is 7.07. The van der Waals surface area contributed by atoms with Crippen molar-refractivity contribution in [2.24, 2.45) is 0 Å². The van der Waals surface area contributed by atoms with Crippen LogP contribution in [0.15, 0.2) is 46.0 Å². The van der Waals surface area contributed by atoms with Gasteiger partial charge in [-0.1, -0.05) is 18.2 Å². The Labute approximate surface area is 194 Å². The van der Waals surface area contributed by atoms with E-state index in [0.29, 0.717) is 49.0 Å². The number of hydrogen-bond acceptors (Lipinski definition) is 7. The van der Waals surface area contributed by atoms with E-state index in [-0.39, 0.29) is 6.04 Å². The monoisotopic (exact) mass is 477 g/mol. The second kappa shape index (κ2) is 9.23. The number of rotatable bonds is 6. The summed E-state index contributed by atoms with van der Waals surface area (Å²) in [6.07, 6.45) is 1.12. The van der Waals surface area contributed by atoms with Gasteiger partial charge in [0, 0.05) is 57.8 Å². The fourth-order valence-electron chi connectivity index (χ4n) is 4.42. The molecule has 1 atom stereocenters. The summed E-state index contributed by atoms with van der Waals surface area (Å²) < 4.78 is 28.3. The second-order valence-corrected chi connectivity index (χ2v) is 12.2. The van der Waals surface area contributed by atoms with E-state index < -0.39 is 15.6 Å². The zero-order valence-corrected chi connectivity index (χ0v) is 20.2. The first-order valence-corrected chi connectivity index (χ1v) is 13.3. The summed E-state index contributed by atoms with van der Waals surface area (Å²) in [5, 5.41) is 12.1. The van der Waals surface area contributed by atoms with Gasteiger partial charge in [0.2, 0.25) is 0 Å². The molecule has 0 bridgehead atoms. The molecule has 2 fully saturated rings. The van der Waals surface area contributed by atoms with Crippen molar-refractivity contribution in [2.75, 3.05) is 44.2 Å². The summed E-state index contributed by atoms with van der Waals surface area (Å²) in [7, 11) is -3.51. The van der Waals surface area contributed by atoms with E-state index in [4.69, 9.17) is 0 Å². The van der Waals surface area contributed by atoms with E-state index in [2.05, 4.69) is 9.80 Å². The van der Waals surface area contributed by atoms with E-state index >= 15 is 0 Å². The molecule has 2 aliphatic rings. The number of anilines is 1. The Kier molecular flexibility index (Phi) is 6.74. The molecular weight excluding hydrogens is 446 g/mol. The minimum atomic E-state index is -3.51. The van der Waals surface area contributed by atoms with E-state index in [1.54, 1.807) is 35.7 Å². The number of Topliss-reactive ketones (excluding diaryl/α,β-unsaturated/α-hetero) is 1. The summed E-state index contributed by atoms with van der Waals surface area (Å²) >= 11 is 1.25. The maximum absolute atomic E-state index is 13.2. The van der Waals surface area contributed by atoms with Crippen molar-refractivity contribution in [2.45, 2.75) is 42.5 Å². The number of benzene rings is 1. The molecule has 2 aliphatic heterocycles. The third-order valence-electron chi connectivity index (χ3n) is 6.32. The predicted octanol–water partition coefficient (Wildman–Crippen LogP) is 2.52. The number of sulfonamides is 1. The Bertz CT molecular complexity index is 1020. The molecule has 0 saturated carbocycles. The molecule has 3 heterocycles. The van der Waals surface area contributed by atoms with Crippen LogP contribution in [0.25, 0.3) is 0 Å². The van der Waals surface area contributed by atoms with Gasteiger partial charge in [-0.3, -0.25) is 4.79 Å². The number of ketones is 1. The van der Waals surface area contributed by atoms with Crippen molar-refractivity contribution in [3.8, 4) is 0 Å². The molecule has 0 amide bonds. The van der Waals surface area contributed by atoms with Crippen molar-refractivity contribution in [1.29, 1.82) is 0 Å². The third kappa shape index (κ3) is 5.07. The lowest BCUT2D eigenvalue weighted by Crippen LogP contribution is -2.58. The molecule has 0 radical (unpaired) electrons. The van der Waals surface area contributed by atoms with Crippen molar-refractivity contribution >= 4 is 32.8 Å². The Morgan fingerprint density at radius 3 is 2.34 bits per heavy atom. The highest BCUT2D eigenvalue weighted by atomic mass is 32.2. The van der Waals surface area contributed by atoms with Gasteiger partial charge in [0.1, 0.15) is 9.99 Å². The van der Waals surface area contributed by atoms with Crippen LogP contribution in [0.4, 0.5) is 5.69 Å². The Balaban J connectivity index is 1.57. The van der Waals surface area contributed by atoms with Gasteiger partial charge in [-0.2, -0.15) is 4.31 Å². The van der Waals surface area contributed by atoms with Gasteiger partial charge < -0.3 is 14.9 Å². The van der Waals surface area contributed by atoms with Crippen LogP contribution < -0.4 is 4.90 Å². The number of nitrogens with zero attached hydrogens (tertiary/aromatic N) is 3. The standard InChI is InChI=1S/C23H31N3O4S2/c1-23(2,28)18-5-7-19(8-6-18)26-14-13-25(32(29,30)22-4-3-15-31-22)17-20(26)16-24-11-9-21(27)10-12-24/h3-8,15,20,28H,9-14,16-17H2,1-2H3/t20-/m0/s1. The van der Waals surface area contributed by atoms with Crippen molar-refractivity contribution in [1.82, 2.24) is 9.21 Å². The highest BCUT2D eigenvalue weighted by molar-refractivity contribution is 7.91. The molecule has 2 aromatic rings. The van der Waals surface area contributed by atoms with Crippen LogP contribution in [0, 0.1) is 0 Å². The molecule has 1 aromatic carbocycles. The van der Waals surface area contributed by atoms with E-state index in [0.717, 1.165) is 24.3 Å². The van der Waals surface area contributed by atoms with E-state index in [1.807, 2.05) is 24.3 Å². The van der Waals surface area contributed by atoms with Crippen molar-refractivity contribution < 1.29 is 18.3 Å². The average Bonchev–Trinajstić information content (AvgIpc) is 3.31. The third-order valence-corrected chi connectivity index (χ3v) is 9.56. The highest BCUT2D eigenvalue weighted by Gasteiger charge is 2.36. The van der Waals surface area contributed by atoms with Crippen LogP contribution in [-0.4, -0.2) is 73.8 Å². The molecule has 1 N–H and O–H groups in total. The zero-order chi connectivity index (χ0) is 22.9. The molecule has 0 spiro atoms. The molecule has 4 rings (SSSR count). The number of carbonyl (C=O) groups excluding carboxylic acids is 1. The number of carbonyl (C=O) groups is 1. The highest BCUT2D eigenvalue weighted by Crippen LogP contribution is 2.29. The van der Waals surface area contributed by atoms with Crippen LogP contribution in [0.1, 0.15) is 32.3 Å². The molecule has 0 unspecified atom stereocenters. The Hall–Kier alpha value is -1.78. The number of piperazine rings is 1. The van der Waals surface area contributed by atoms with Crippen LogP contribution >= 0.6 is 11.3 Å². The predicted molar refractivity (Wildman–Crippen MR) is 127 cm³/mol. The molecule has 32 heavy (non-hydrogen) atoms. The molecule has 7 nitrogen and oxygen atoms in total. The number of thiophene rings is 1. The fraction of sp³-hybridized carbons (Fsp3) is 0.522. The summed E-state index contributed by atoms with van der Waals surface area (Å²) in [4.78, 5) is 16.2. The molecule has 174 valence electrons. The number of piperidine rings is 1. The van der Waals surface area contributed by atoms with Gasteiger partial charge in [-0.05, 0) is 43.0 Å². The molecule has 2 saturated heterocycles. The summed E-state index contributed by atoms with van der Waals surface area (Å²) in [5.41, 5.74) is 0.946. The van der Waals surface area contributed by atoms with Gasteiger partial charge in [-0.25, -0.2) is 8.42 Å². The number of hydrogen-bond donors (Lipinski definition) is 1. The first kappa shape index (κ1) is 23.4. The maximum atomic E-state index is 13.2. The summed E-state index contributed by atoms with van der Waals surface area (Å²) in [6, 6.07) is 11.3. The van der Waals surface area contributed by atoms with Gasteiger partial charge in [0.05, 0.1) is 11.6 Å². The largest absolute Gasteiger partial charge is 0.386 e. The molecule has 0 aliphatic carbocycles. The van der Waals surface area contributed by atoms with Crippen LogP contribution in [0.3, 0.4) is 0 Å². The van der Waals surface area contributed by atoms with E-state index in [1.165, 1.54) is 11.3 Å². The molecule has 9 heteroatoms. The van der Waals surface area contributed by atoms with Gasteiger partial charge >= 0.3 is 0 Å². The van der Waals surface area contributed by atoms with Crippen LogP contribution in [0.2, 0.25) is 0 Å².